The minimum atomic E-state index is -0.674. The highest BCUT2D eigenvalue weighted by Crippen LogP contribution is 2.58. The lowest BCUT2D eigenvalue weighted by atomic mass is 9.87. The third-order valence-electron chi connectivity index (χ3n) is 10.9. The van der Waals surface area contributed by atoms with Gasteiger partial charge in [0.1, 0.15) is 0 Å². The van der Waals surface area contributed by atoms with Crippen LogP contribution in [-0.4, -0.2) is 56.1 Å². The van der Waals surface area contributed by atoms with Crippen molar-refractivity contribution in [1.29, 1.82) is 0 Å². The van der Waals surface area contributed by atoms with Crippen molar-refractivity contribution in [3.05, 3.63) is 83.9 Å². The average Bonchev–Trinajstić information content (AvgIpc) is 3.85. The molecule has 0 unspecified atom stereocenters. The summed E-state index contributed by atoms with van der Waals surface area (Å²) >= 11 is 0. The van der Waals surface area contributed by atoms with Crippen LogP contribution in [0.2, 0.25) is 0 Å². The van der Waals surface area contributed by atoms with Gasteiger partial charge in [0.15, 0.2) is 58.5 Å². The van der Waals surface area contributed by atoms with E-state index in [1.54, 1.807) is 28.4 Å². The summed E-state index contributed by atoms with van der Waals surface area (Å²) in [6, 6.07) is 24.7. The van der Waals surface area contributed by atoms with E-state index in [-0.39, 0.29) is 13.6 Å². The van der Waals surface area contributed by atoms with Gasteiger partial charge in [-0.2, -0.15) is 0 Å². The van der Waals surface area contributed by atoms with E-state index < -0.39 is 12.5 Å². The number of anilines is 2. The molecule has 0 saturated carbocycles. The molecule has 2 atom stereocenters. The molecule has 0 fully saturated rings. The first-order valence-corrected chi connectivity index (χ1v) is 17.3. The molecule has 53 heavy (non-hydrogen) atoms. The summed E-state index contributed by atoms with van der Waals surface area (Å²) in [5.74, 6) is 5.25. The quantitative estimate of drug-likeness (QED) is 0.167. The molecule has 0 amide bonds. The molecule has 11 heteroatoms. The molecule has 11 nitrogen and oxygen atoms in total. The second kappa shape index (κ2) is 11.7. The van der Waals surface area contributed by atoms with E-state index in [1.807, 2.05) is 38.4 Å². The maximum Gasteiger partial charge on any atom is 0.231 e. The number of fused-ring (bicyclic) bond motifs is 12. The molecular formula is C42H36N2O9. The van der Waals surface area contributed by atoms with E-state index in [9.17, 15) is 0 Å². The van der Waals surface area contributed by atoms with Gasteiger partial charge in [0.05, 0.1) is 50.9 Å². The zero-order chi connectivity index (χ0) is 36.1. The Morgan fingerprint density at radius 3 is 1.28 bits per heavy atom. The summed E-state index contributed by atoms with van der Waals surface area (Å²) < 4.78 is 54.8. The molecule has 4 aliphatic heterocycles. The van der Waals surface area contributed by atoms with Crippen molar-refractivity contribution >= 4 is 32.9 Å². The predicted octanol–water partition coefficient (Wildman–Crippen LogP) is 8.43. The number of nitrogens with zero attached hydrogens (tertiary/aromatic N) is 2. The number of benzene rings is 6. The van der Waals surface area contributed by atoms with E-state index in [0.29, 0.717) is 34.5 Å². The molecule has 0 aliphatic carbocycles. The number of hydrogen-bond acceptors (Lipinski definition) is 11. The minimum Gasteiger partial charge on any atom is -0.493 e. The second-order valence-electron chi connectivity index (χ2n) is 13.4. The molecule has 6 aromatic rings. The summed E-state index contributed by atoms with van der Waals surface area (Å²) in [4.78, 5) is 4.34. The fourth-order valence-electron chi connectivity index (χ4n) is 8.51. The van der Waals surface area contributed by atoms with Gasteiger partial charge in [-0.25, -0.2) is 0 Å². The Morgan fingerprint density at radius 1 is 0.491 bits per heavy atom. The van der Waals surface area contributed by atoms with E-state index in [1.165, 1.54) is 0 Å². The highest BCUT2D eigenvalue weighted by atomic mass is 16.7. The van der Waals surface area contributed by atoms with Crippen LogP contribution in [0.1, 0.15) is 23.6 Å². The second-order valence-corrected chi connectivity index (χ2v) is 13.4. The number of hydrogen-bond donors (Lipinski definition) is 0. The molecule has 268 valence electrons. The summed E-state index contributed by atoms with van der Waals surface area (Å²) in [5.41, 5.74) is 7.64. The molecule has 0 N–H and O–H groups in total. The monoisotopic (exact) mass is 712 g/mol. The Hall–Kier alpha value is -6.20. The lowest BCUT2D eigenvalue weighted by Crippen LogP contribution is -2.38. The first-order chi connectivity index (χ1) is 25.9. The topological polar surface area (TPSA) is 89.6 Å². The molecule has 4 heterocycles. The lowest BCUT2D eigenvalue weighted by molar-refractivity contribution is -0.0164. The summed E-state index contributed by atoms with van der Waals surface area (Å²) in [6.45, 7) is 0.373. The smallest absolute Gasteiger partial charge is 0.231 e. The predicted molar refractivity (Wildman–Crippen MR) is 201 cm³/mol. The fraction of sp³-hybridized carbons (Fsp3) is 0.238. The minimum absolute atomic E-state index is 0.187. The van der Waals surface area contributed by atoms with Crippen LogP contribution in [0.3, 0.4) is 0 Å². The Morgan fingerprint density at radius 2 is 0.887 bits per heavy atom. The van der Waals surface area contributed by atoms with Gasteiger partial charge in [0, 0.05) is 36.0 Å². The van der Waals surface area contributed by atoms with Gasteiger partial charge in [0.25, 0.3) is 0 Å². The Labute approximate surface area is 305 Å². The molecule has 6 aromatic carbocycles. The number of rotatable bonds is 6. The van der Waals surface area contributed by atoms with E-state index >= 15 is 0 Å². The van der Waals surface area contributed by atoms with Gasteiger partial charge in [-0.15, -0.1) is 0 Å². The van der Waals surface area contributed by atoms with Crippen molar-refractivity contribution in [3.63, 3.8) is 0 Å². The average molecular weight is 713 g/mol. The van der Waals surface area contributed by atoms with Gasteiger partial charge in [-0.3, -0.25) is 0 Å². The van der Waals surface area contributed by atoms with Crippen LogP contribution < -0.4 is 47.7 Å². The Bertz CT molecular complexity index is 2340. The van der Waals surface area contributed by atoms with Crippen LogP contribution in [-0.2, 0) is 4.74 Å². The molecule has 0 radical (unpaired) electrons. The summed E-state index contributed by atoms with van der Waals surface area (Å²) in [5, 5.41) is 4.06. The third kappa shape index (κ3) is 4.37. The molecular weight excluding hydrogens is 676 g/mol. The molecule has 0 bridgehead atoms. The maximum atomic E-state index is 7.56. The summed E-state index contributed by atoms with van der Waals surface area (Å²) in [6.07, 6.45) is -1.35. The SMILES string of the molecule is COc1ccc2c(c1OC)[C@@H](O[C@H]1c3c(ccc(OC)c3OC)-c3ccc4cc5c(cc4c3N1C)OCO5)N(C)c1c-2ccc2cc3c(cc12)OCO3. The van der Waals surface area contributed by atoms with Crippen molar-refractivity contribution in [2.45, 2.75) is 12.5 Å². The molecule has 10 rings (SSSR count). The highest BCUT2D eigenvalue weighted by Gasteiger charge is 2.42. The molecule has 4 aliphatic rings. The van der Waals surface area contributed by atoms with Crippen LogP contribution in [0, 0.1) is 0 Å². The van der Waals surface area contributed by atoms with Gasteiger partial charge < -0.3 is 52.4 Å². The Kier molecular flexibility index (Phi) is 6.93. The van der Waals surface area contributed by atoms with Gasteiger partial charge in [0.2, 0.25) is 13.6 Å². The molecule has 0 aromatic heterocycles. The van der Waals surface area contributed by atoms with Crippen LogP contribution in [0.25, 0.3) is 43.8 Å². The fourth-order valence-corrected chi connectivity index (χ4v) is 8.51. The van der Waals surface area contributed by atoms with Crippen molar-refractivity contribution in [2.24, 2.45) is 0 Å². The van der Waals surface area contributed by atoms with Crippen LogP contribution in [0.4, 0.5) is 11.4 Å². The largest absolute Gasteiger partial charge is 0.493 e. The molecule has 0 saturated heterocycles. The van der Waals surface area contributed by atoms with Gasteiger partial charge in [-0.1, -0.05) is 24.3 Å². The van der Waals surface area contributed by atoms with Crippen molar-refractivity contribution in [2.75, 3.05) is 65.9 Å². The van der Waals surface area contributed by atoms with Gasteiger partial charge in [-0.05, 0) is 70.4 Å². The zero-order valence-electron chi connectivity index (χ0n) is 30.1. The normalized spacial score (nSPS) is 17.3. The first kappa shape index (κ1) is 31.5. The van der Waals surface area contributed by atoms with Crippen LogP contribution >= 0.6 is 0 Å². The first-order valence-electron chi connectivity index (χ1n) is 17.3. The maximum absolute atomic E-state index is 7.56. The highest BCUT2D eigenvalue weighted by molar-refractivity contribution is 6.07. The van der Waals surface area contributed by atoms with Gasteiger partial charge >= 0.3 is 0 Å². The van der Waals surface area contributed by atoms with Crippen LogP contribution in [0.15, 0.2) is 72.8 Å². The number of ether oxygens (including phenoxy) is 9. The zero-order valence-corrected chi connectivity index (χ0v) is 30.1. The summed E-state index contributed by atoms with van der Waals surface area (Å²) in [7, 11) is 10.7. The van der Waals surface area contributed by atoms with Crippen molar-refractivity contribution in [3.8, 4) is 68.2 Å². The standard InChI is InChI=1S/C42H36N2O9/c1-43-37-25(9-7-21-15-31-33(17-27(21)37)51-19-49-31)23-11-13-29(45-3)39(47-5)35(23)41(43)53-42-36-24(12-14-30(46-4)40(36)48-6)26-10-8-22-16-32-34(52-20-50-32)18-28(22)38(26)44(42)2/h7-18,41-42H,19-20H2,1-6H3/t41-,42+. The van der Waals surface area contributed by atoms with Crippen LogP contribution in [0.5, 0.6) is 46.0 Å². The van der Waals surface area contributed by atoms with Crippen molar-refractivity contribution in [1.82, 2.24) is 0 Å². The Balaban J connectivity index is 1.22. The van der Waals surface area contributed by atoms with E-state index in [4.69, 9.17) is 42.6 Å². The van der Waals surface area contributed by atoms with Crippen molar-refractivity contribution < 1.29 is 42.6 Å². The van der Waals surface area contributed by atoms with E-state index in [2.05, 4.69) is 58.3 Å². The molecule has 0 spiro atoms. The third-order valence-corrected chi connectivity index (χ3v) is 10.9. The number of methoxy groups -OCH3 is 4. The van der Waals surface area contributed by atoms with E-state index in [0.717, 1.165) is 77.8 Å². The lowest BCUT2D eigenvalue weighted by Gasteiger charge is -2.45.